The van der Waals surface area contributed by atoms with E-state index in [0.717, 1.165) is 30.4 Å². The molecule has 0 spiro atoms. The summed E-state index contributed by atoms with van der Waals surface area (Å²) in [5.74, 6) is -0.224. The molecular formula is C32H34F3N7O3. The normalized spacial score (nSPS) is 14.3. The van der Waals surface area contributed by atoms with Crippen LogP contribution in [0.5, 0.6) is 0 Å². The highest BCUT2D eigenvalue weighted by Gasteiger charge is 2.31. The highest BCUT2D eigenvalue weighted by Crippen LogP contribution is 2.30. The number of carbonyl (C=O) groups excluding carboxylic acids is 2. The van der Waals surface area contributed by atoms with Gasteiger partial charge < -0.3 is 26.0 Å². The van der Waals surface area contributed by atoms with Gasteiger partial charge in [-0.05, 0) is 56.1 Å². The van der Waals surface area contributed by atoms with Crippen LogP contribution in [0.25, 0.3) is 5.70 Å². The Morgan fingerprint density at radius 1 is 1.13 bits per heavy atom. The number of nitrogens with two attached hydrogens (primary N) is 1. The third-order valence-electron chi connectivity index (χ3n) is 6.34. The number of rotatable bonds is 11. The Morgan fingerprint density at radius 2 is 1.82 bits per heavy atom. The van der Waals surface area contributed by atoms with E-state index in [1.807, 2.05) is 48.5 Å². The minimum Gasteiger partial charge on any atom is -0.463 e. The van der Waals surface area contributed by atoms with Gasteiger partial charge >= 0.3 is 6.18 Å². The van der Waals surface area contributed by atoms with Crippen LogP contribution in [0.2, 0.25) is 0 Å². The summed E-state index contributed by atoms with van der Waals surface area (Å²) in [7, 11) is 1.88. The largest absolute Gasteiger partial charge is 0.463 e. The molecule has 0 aliphatic carbocycles. The highest BCUT2D eigenvalue weighted by molar-refractivity contribution is 6.06. The van der Waals surface area contributed by atoms with Gasteiger partial charge in [-0.25, -0.2) is 9.98 Å². The number of amides is 1. The third-order valence-corrected chi connectivity index (χ3v) is 6.34. The van der Waals surface area contributed by atoms with Gasteiger partial charge in [0.05, 0.1) is 11.3 Å². The van der Waals surface area contributed by atoms with Crippen molar-refractivity contribution >= 4 is 36.4 Å². The maximum absolute atomic E-state index is 12.9. The second kappa shape index (κ2) is 16.5. The van der Waals surface area contributed by atoms with E-state index in [1.165, 1.54) is 12.1 Å². The first-order chi connectivity index (χ1) is 21.6. The first-order valence-corrected chi connectivity index (χ1v) is 13.7. The van der Waals surface area contributed by atoms with Gasteiger partial charge in [0.15, 0.2) is 0 Å². The second-order valence-electron chi connectivity index (χ2n) is 9.83. The van der Waals surface area contributed by atoms with Crippen molar-refractivity contribution in [3.05, 3.63) is 113 Å². The molecule has 45 heavy (non-hydrogen) atoms. The van der Waals surface area contributed by atoms with E-state index < -0.39 is 17.6 Å². The summed E-state index contributed by atoms with van der Waals surface area (Å²) >= 11 is 0. The Kier molecular flexibility index (Phi) is 12.6. The van der Waals surface area contributed by atoms with Crippen molar-refractivity contribution in [1.82, 2.24) is 15.2 Å². The molecule has 4 rings (SSSR count). The average Bonchev–Trinajstić information content (AvgIpc) is 3.02. The minimum absolute atomic E-state index is 0.200. The summed E-state index contributed by atoms with van der Waals surface area (Å²) in [4.78, 5) is 36.4. The number of aromatic nitrogens is 1. The fraction of sp³-hybridized carbons (Fsp3) is 0.219. The predicted octanol–water partition coefficient (Wildman–Crippen LogP) is 5.08. The summed E-state index contributed by atoms with van der Waals surface area (Å²) in [6.07, 6.45) is -0.124. The zero-order valence-electron chi connectivity index (χ0n) is 24.8. The van der Waals surface area contributed by atoms with Crippen molar-refractivity contribution in [2.75, 3.05) is 25.5 Å². The molecule has 1 unspecified atom stereocenters. The molecule has 0 fully saturated rings. The molecular weight excluding hydrogens is 587 g/mol. The standard InChI is InChI=1S/C24H26F3N7O.C8H8O2/c1-15(13-29-2)14-34-11-10-32-22(28)21(34)20(30-3)16-4-6-17(7-5-16)23(35)33-19-12-18(8-9-31-19)24(25,26)27;9-7-10-6-8-4-2-1-3-5-8/h4-12,15,29H,3,13-14H2,1-2H3,(H2,28,32)(H,31,33,35);1-5,7H,6H2/b21-20-;. The summed E-state index contributed by atoms with van der Waals surface area (Å²) in [6.45, 7) is 8.05. The van der Waals surface area contributed by atoms with Crippen molar-refractivity contribution in [2.45, 2.75) is 19.7 Å². The van der Waals surface area contributed by atoms with Crippen molar-refractivity contribution in [2.24, 2.45) is 21.6 Å². The van der Waals surface area contributed by atoms with Gasteiger partial charge in [0, 0.05) is 36.3 Å². The van der Waals surface area contributed by atoms with E-state index >= 15 is 0 Å². The molecule has 0 radical (unpaired) electrons. The molecule has 0 saturated carbocycles. The lowest BCUT2D eigenvalue weighted by atomic mass is 10.0. The number of pyridine rings is 1. The summed E-state index contributed by atoms with van der Waals surface area (Å²) < 4.78 is 43.3. The van der Waals surface area contributed by atoms with E-state index in [1.54, 1.807) is 18.3 Å². The number of hydrogen-bond acceptors (Lipinski definition) is 9. The van der Waals surface area contributed by atoms with Crippen LogP contribution in [0, 0.1) is 5.92 Å². The average molecular weight is 622 g/mol. The lowest BCUT2D eigenvalue weighted by Crippen LogP contribution is -2.35. The number of nitrogens with zero attached hydrogens (tertiary/aromatic N) is 4. The Balaban J connectivity index is 0.000000468. The van der Waals surface area contributed by atoms with Gasteiger partial charge in [0.1, 0.15) is 24.0 Å². The van der Waals surface area contributed by atoms with Gasteiger partial charge in [0.25, 0.3) is 12.4 Å². The van der Waals surface area contributed by atoms with Gasteiger partial charge in [-0.1, -0.05) is 49.4 Å². The van der Waals surface area contributed by atoms with Crippen LogP contribution in [0.15, 0.2) is 101 Å². The molecule has 2 aromatic carbocycles. The zero-order valence-corrected chi connectivity index (χ0v) is 24.8. The Labute approximate surface area is 259 Å². The van der Waals surface area contributed by atoms with E-state index in [2.05, 4.69) is 44.0 Å². The number of nitrogens with one attached hydrogen (secondary N) is 2. The number of halogens is 3. The van der Waals surface area contributed by atoms with Gasteiger partial charge in [-0.2, -0.15) is 13.2 Å². The van der Waals surface area contributed by atoms with Gasteiger partial charge in [-0.15, -0.1) is 0 Å². The third kappa shape index (κ3) is 10.1. The van der Waals surface area contributed by atoms with Crippen LogP contribution in [0.4, 0.5) is 19.0 Å². The van der Waals surface area contributed by atoms with Gasteiger partial charge in [0.2, 0.25) is 0 Å². The predicted molar refractivity (Wildman–Crippen MR) is 168 cm³/mol. The van der Waals surface area contributed by atoms with Crippen LogP contribution in [0.3, 0.4) is 0 Å². The van der Waals surface area contributed by atoms with E-state index in [-0.39, 0.29) is 17.2 Å². The quantitative estimate of drug-likeness (QED) is 0.201. The number of alkyl halides is 3. The number of amidine groups is 1. The lowest BCUT2D eigenvalue weighted by molar-refractivity contribution is -0.137. The van der Waals surface area contributed by atoms with Crippen molar-refractivity contribution < 1.29 is 27.5 Å². The Hall–Kier alpha value is -5.30. The molecule has 2 heterocycles. The molecule has 1 aromatic heterocycles. The number of hydrogen-bond donors (Lipinski definition) is 3. The number of carbonyl (C=O) groups is 2. The Morgan fingerprint density at radius 3 is 2.44 bits per heavy atom. The topological polar surface area (TPSA) is 134 Å². The molecule has 3 aromatic rings. The molecule has 13 heteroatoms. The lowest BCUT2D eigenvalue weighted by Gasteiger charge is -2.29. The molecule has 4 N–H and O–H groups in total. The van der Waals surface area contributed by atoms with Crippen molar-refractivity contribution in [3.8, 4) is 0 Å². The molecule has 10 nitrogen and oxygen atoms in total. The summed E-state index contributed by atoms with van der Waals surface area (Å²) in [5.41, 5.74) is 8.24. The van der Waals surface area contributed by atoms with Crippen LogP contribution in [-0.4, -0.2) is 55.0 Å². The molecule has 1 aliphatic rings. The van der Waals surface area contributed by atoms with E-state index in [0.29, 0.717) is 42.5 Å². The molecule has 236 valence electrons. The van der Waals surface area contributed by atoms with E-state index in [9.17, 15) is 22.8 Å². The number of anilines is 1. The molecule has 1 atom stereocenters. The smallest absolute Gasteiger partial charge is 0.416 e. The molecule has 0 bridgehead atoms. The fourth-order valence-corrected chi connectivity index (χ4v) is 4.29. The van der Waals surface area contributed by atoms with Crippen LogP contribution in [0.1, 0.15) is 34.0 Å². The summed E-state index contributed by atoms with van der Waals surface area (Å²) in [5, 5.41) is 5.52. The SMILES string of the molecule is C=N/C(=C1/C(N)=NC=CN1CC(C)CNC)c1ccc(C(=O)Nc2cc(C(F)(F)F)ccn2)cc1.O=COCc1ccccc1. The second-order valence-corrected chi connectivity index (χ2v) is 9.83. The monoisotopic (exact) mass is 621 g/mol. The first-order valence-electron chi connectivity index (χ1n) is 13.7. The number of benzene rings is 2. The highest BCUT2D eigenvalue weighted by atomic mass is 19.4. The van der Waals surface area contributed by atoms with Crippen LogP contribution >= 0.6 is 0 Å². The van der Waals surface area contributed by atoms with Crippen LogP contribution < -0.4 is 16.4 Å². The number of ether oxygens (including phenoxy) is 1. The van der Waals surface area contributed by atoms with Crippen LogP contribution in [-0.2, 0) is 22.3 Å². The summed E-state index contributed by atoms with van der Waals surface area (Å²) in [6, 6.07) is 17.5. The maximum Gasteiger partial charge on any atom is 0.416 e. The van der Waals surface area contributed by atoms with E-state index in [4.69, 9.17) is 5.73 Å². The zero-order chi connectivity index (χ0) is 32.8. The van der Waals surface area contributed by atoms with Gasteiger partial charge in [-0.3, -0.25) is 14.6 Å². The van der Waals surface area contributed by atoms with Crippen molar-refractivity contribution in [3.63, 3.8) is 0 Å². The minimum atomic E-state index is -4.54. The number of aliphatic imine (C=N–C) groups is 2. The van der Waals surface area contributed by atoms with Crippen molar-refractivity contribution in [1.29, 1.82) is 0 Å². The maximum atomic E-state index is 12.9. The molecule has 0 saturated heterocycles. The first kappa shape index (κ1) is 34.2. The fourth-order valence-electron chi connectivity index (χ4n) is 4.29. The Bertz CT molecular complexity index is 1540. The molecule has 1 amide bonds. The molecule has 1 aliphatic heterocycles.